The smallest absolute Gasteiger partial charge is 0.241 e. The quantitative estimate of drug-likeness (QED) is 0.759. The van der Waals surface area contributed by atoms with Crippen LogP contribution in [0.5, 0.6) is 0 Å². The fourth-order valence-electron chi connectivity index (χ4n) is 1.67. The highest BCUT2D eigenvalue weighted by molar-refractivity contribution is 9.10. The molecule has 0 bridgehead atoms. The van der Waals surface area contributed by atoms with Gasteiger partial charge in [0.25, 0.3) is 0 Å². The van der Waals surface area contributed by atoms with Crippen LogP contribution in [-0.2, 0) is 10.0 Å². The van der Waals surface area contributed by atoms with Gasteiger partial charge in [-0.25, -0.2) is 18.1 Å². The van der Waals surface area contributed by atoms with E-state index in [2.05, 4.69) is 35.9 Å². The topological polar surface area (TPSA) is 84.0 Å². The number of anilines is 1. The largest absolute Gasteiger partial charge is 0.367 e. The molecule has 1 heterocycles. The van der Waals surface area contributed by atoms with Crippen molar-refractivity contribution in [1.29, 1.82) is 0 Å². The maximum absolute atomic E-state index is 12.2. The molecule has 1 aromatic heterocycles. The Morgan fingerprint density at radius 3 is 2.71 bits per heavy atom. The van der Waals surface area contributed by atoms with Gasteiger partial charge < -0.3 is 5.32 Å². The Balaban J connectivity index is 1.92. The maximum atomic E-state index is 12.2. The fraction of sp³-hybridized carbons (Fsp3) is 0.231. The van der Waals surface area contributed by atoms with Gasteiger partial charge in [-0.05, 0) is 40.5 Å². The Labute approximate surface area is 132 Å². The fourth-order valence-corrected chi connectivity index (χ4v) is 3.89. The van der Waals surface area contributed by atoms with Crippen LogP contribution in [0.25, 0.3) is 0 Å². The van der Waals surface area contributed by atoms with Crippen LogP contribution in [-0.4, -0.2) is 31.5 Å². The van der Waals surface area contributed by atoms with Crippen molar-refractivity contribution < 1.29 is 8.42 Å². The number of sulfonamides is 1. The van der Waals surface area contributed by atoms with Gasteiger partial charge in [-0.3, -0.25) is 4.98 Å². The van der Waals surface area contributed by atoms with Crippen LogP contribution in [0.2, 0.25) is 0 Å². The van der Waals surface area contributed by atoms with Crippen molar-refractivity contribution in [1.82, 2.24) is 14.7 Å². The van der Waals surface area contributed by atoms with Gasteiger partial charge in [0.2, 0.25) is 10.0 Å². The Kier molecular flexibility index (Phi) is 5.27. The van der Waals surface area contributed by atoms with Gasteiger partial charge in [-0.15, -0.1) is 0 Å². The summed E-state index contributed by atoms with van der Waals surface area (Å²) in [5, 5.41) is 2.98. The van der Waals surface area contributed by atoms with Crippen molar-refractivity contribution in [2.75, 3.05) is 18.4 Å². The van der Waals surface area contributed by atoms with Crippen molar-refractivity contribution in [2.24, 2.45) is 0 Å². The lowest BCUT2D eigenvalue weighted by Crippen LogP contribution is -2.29. The summed E-state index contributed by atoms with van der Waals surface area (Å²) in [5.74, 6) is 0.605. The average molecular weight is 371 g/mol. The molecular formula is C13H15BrN4O2S. The van der Waals surface area contributed by atoms with Crippen molar-refractivity contribution in [3.05, 3.63) is 46.8 Å². The third-order valence-corrected chi connectivity index (χ3v) is 5.10. The molecule has 0 aliphatic heterocycles. The van der Waals surface area contributed by atoms with E-state index in [-0.39, 0.29) is 11.4 Å². The monoisotopic (exact) mass is 370 g/mol. The van der Waals surface area contributed by atoms with Gasteiger partial charge >= 0.3 is 0 Å². The van der Waals surface area contributed by atoms with E-state index in [4.69, 9.17) is 0 Å². The minimum Gasteiger partial charge on any atom is -0.367 e. The van der Waals surface area contributed by atoms with E-state index in [1.54, 1.807) is 36.8 Å². The summed E-state index contributed by atoms with van der Waals surface area (Å²) in [6.07, 6.45) is 4.71. The molecule has 0 saturated heterocycles. The minimum absolute atomic E-state index is 0.229. The number of hydrogen-bond donors (Lipinski definition) is 2. The van der Waals surface area contributed by atoms with Crippen molar-refractivity contribution in [3.8, 4) is 0 Å². The van der Waals surface area contributed by atoms with E-state index in [1.807, 2.05) is 6.92 Å². The van der Waals surface area contributed by atoms with Crippen LogP contribution in [0.15, 0.2) is 46.2 Å². The average Bonchev–Trinajstić information content (AvgIpc) is 2.44. The summed E-state index contributed by atoms with van der Waals surface area (Å²) in [6, 6.07) is 5.11. The molecule has 0 spiro atoms. The third-order valence-electron chi connectivity index (χ3n) is 2.66. The Morgan fingerprint density at radius 1 is 1.24 bits per heavy atom. The van der Waals surface area contributed by atoms with Gasteiger partial charge in [-0.1, -0.05) is 6.07 Å². The highest BCUT2D eigenvalue weighted by Gasteiger charge is 2.16. The Morgan fingerprint density at radius 2 is 2.05 bits per heavy atom. The van der Waals surface area contributed by atoms with Crippen molar-refractivity contribution in [3.63, 3.8) is 0 Å². The predicted octanol–water partition coefficient (Wildman–Crippen LogP) is 1.94. The number of aryl methyl sites for hydroxylation is 1. The molecule has 8 heteroatoms. The van der Waals surface area contributed by atoms with Gasteiger partial charge in [-0.2, -0.15) is 0 Å². The van der Waals surface area contributed by atoms with Crippen LogP contribution >= 0.6 is 15.9 Å². The number of rotatable bonds is 6. The molecular weight excluding hydrogens is 356 g/mol. The molecule has 2 aromatic rings. The molecule has 112 valence electrons. The summed E-state index contributed by atoms with van der Waals surface area (Å²) >= 11 is 3.28. The summed E-state index contributed by atoms with van der Waals surface area (Å²) in [5.41, 5.74) is 0.991. The minimum atomic E-state index is -3.54. The third kappa shape index (κ3) is 4.48. The lowest BCUT2D eigenvalue weighted by Gasteiger charge is -2.10. The van der Waals surface area contributed by atoms with Gasteiger partial charge in [0.05, 0.1) is 11.1 Å². The first-order valence-electron chi connectivity index (χ1n) is 6.25. The van der Waals surface area contributed by atoms with Crippen molar-refractivity contribution in [2.45, 2.75) is 11.8 Å². The van der Waals surface area contributed by atoms with Gasteiger partial charge in [0, 0.05) is 30.0 Å². The summed E-state index contributed by atoms with van der Waals surface area (Å²) < 4.78 is 27.4. The lowest BCUT2D eigenvalue weighted by atomic mass is 10.2. The second-order valence-corrected chi connectivity index (χ2v) is 6.94. The van der Waals surface area contributed by atoms with Crippen LogP contribution in [0.3, 0.4) is 0 Å². The van der Waals surface area contributed by atoms with E-state index in [9.17, 15) is 8.42 Å². The summed E-state index contributed by atoms with van der Waals surface area (Å²) in [4.78, 5) is 8.18. The molecule has 2 N–H and O–H groups in total. The zero-order chi connectivity index (χ0) is 15.3. The number of halogens is 1. The maximum Gasteiger partial charge on any atom is 0.241 e. The summed E-state index contributed by atoms with van der Waals surface area (Å²) in [6.45, 7) is 2.57. The molecule has 0 fully saturated rings. The van der Waals surface area contributed by atoms with E-state index in [0.29, 0.717) is 16.8 Å². The number of hydrogen-bond acceptors (Lipinski definition) is 5. The first-order valence-corrected chi connectivity index (χ1v) is 8.52. The Hall–Kier alpha value is -1.51. The zero-order valence-electron chi connectivity index (χ0n) is 11.4. The van der Waals surface area contributed by atoms with Gasteiger partial charge in [0.1, 0.15) is 5.82 Å². The van der Waals surface area contributed by atoms with E-state index in [0.717, 1.165) is 5.56 Å². The second kappa shape index (κ2) is 6.97. The molecule has 0 unspecified atom stereocenters. The van der Waals surface area contributed by atoms with Crippen LogP contribution in [0, 0.1) is 6.92 Å². The molecule has 21 heavy (non-hydrogen) atoms. The number of benzene rings is 1. The molecule has 0 saturated carbocycles. The standard InChI is InChI=1S/C13H15BrN4O2S/c1-10-2-3-12(11(14)8-10)21(19,20)18-7-6-17-13-9-15-4-5-16-13/h2-5,8-9,18H,6-7H2,1H3,(H,16,17). The molecule has 0 aliphatic carbocycles. The Bertz CT molecular complexity index is 707. The van der Waals surface area contributed by atoms with Crippen molar-refractivity contribution >= 4 is 31.8 Å². The first kappa shape index (κ1) is 15.9. The summed E-state index contributed by atoms with van der Waals surface area (Å²) in [7, 11) is -3.54. The van der Waals surface area contributed by atoms with Gasteiger partial charge in [0.15, 0.2) is 0 Å². The van der Waals surface area contributed by atoms with Crippen LogP contribution in [0.1, 0.15) is 5.56 Å². The van der Waals surface area contributed by atoms with Crippen LogP contribution in [0.4, 0.5) is 5.82 Å². The van der Waals surface area contributed by atoms with E-state index >= 15 is 0 Å². The highest BCUT2D eigenvalue weighted by Crippen LogP contribution is 2.22. The highest BCUT2D eigenvalue weighted by atomic mass is 79.9. The SMILES string of the molecule is Cc1ccc(S(=O)(=O)NCCNc2cnccn2)c(Br)c1. The molecule has 2 rings (SSSR count). The molecule has 0 radical (unpaired) electrons. The lowest BCUT2D eigenvalue weighted by molar-refractivity contribution is 0.582. The number of nitrogens with one attached hydrogen (secondary N) is 2. The zero-order valence-corrected chi connectivity index (χ0v) is 13.8. The number of aromatic nitrogens is 2. The molecule has 0 aliphatic rings. The van der Waals surface area contributed by atoms with Crippen LogP contribution < -0.4 is 10.0 Å². The first-order chi connectivity index (χ1) is 9.99. The number of nitrogens with zero attached hydrogens (tertiary/aromatic N) is 2. The molecule has 0 atom stereocenters. The van der Waals surface area contributed by atoms with E-state index in [1.165, 1.54) is 0 Å². The molecule has 6 nitrogen and oxygen atoms in total. The molecule has 1 aromatic carbocycles. The predicted molar refractivity (Wildman–Crippen MR) is 84.6 cm³/mol. The normalized spacial score (nSPS) is 11.3. The van der Waals surface area contributed by atoms with E-state index < -0.39 is 10.0 Å². The second-order valence-electron chi connectivity index (χ2n) is 4.35. The molecule has 0 amide bonds.